The Morgan fingerprint density at radius 1 is 1.15 bits per heavy atom. The van der Waals surface area contributed by atoms with Gasteiger partial charge in [0, 0.05) is 17.5 Å². The molecule has 0 aliphatic heterocycles. The van der Waals surface area contributed by atoms with Crippen LogP contribution in [0.1, 0.15) is 24.4 Å². The van der Waals surface area contributed by atoms with Crippen molar-refractivity contribution in [2.75, 3.05) is 13.2 Å². The van der Waals surface area contributed by atoms with Gasteiger partial charge in [0.1, 0.15) is 5.01 Å². The molecule has 0 aliphatic rings. The molecule has 0 atom stereocenters. The van der Waals surface area contributed by atoms with Crippen molar-refractivity contribution in [1.82, 2.24) is 4.98 Å². The number of hydrogen-bond donors (Lipinski definition) is 1. The molecular formula is C15H20N2O2S. The molecule has 0 saturated heterocycles. The zero-order valence-electron chi connectivity index (χ0n) is 12.1. The van der Waals surface area contributed by atoms with Gasteiger partial charge in [-0.05, 0) is 38.5 Å². The van der Waals surface area contributed by atoms with Crippen LogP contribution in [0.2, 0.25) is 0 Å². The number of nitrogens with zero attached hydrogens (tertiary/aromatic N) is 1. The molecule has 1 aromatic heterocycles. The summed E-state index contributed by atoms with van der Waals surface area (Å²) < 4.78 is 11.3. The van der Waals surface area contributed by atoms with E-state index in [2.05, 4.69) is 11.9 Å². The van der Waals surface area contributed by atoms with Gasteiger partial charge in [0.25, 0.3) is 0 Å². The minimum Gasteiger partial charge on any atom is -0.490 e. The normalized spacial score (nSPS) is 10.6. The molecule has 0 radical (unpaired) electrons. The van der Waals surface area contributed by atoms with Crippen LogP contribution in [0.15, 0.2) is 17.5 Å². The second-order valence-corrected chi connectivity index (χ2v) is 5.25. The molecule has 2 rings (SSSR count). The molecule has 0 amide bonds. The number of hydrogen-bond acceptors (Lipinski definition) is 5. The largest absolute Gasteiger partial charge is 0.490 e. The van der Waals surface area contributed by atoms with Gasteiger partial charge in [-0.2, -0.15) is 0 Å². The van der Waals surface area contributed by atoms with Crippen LogP contribution in [-0.2, 0) is 6.54 Å². The second kappa shape index (κ2) is 6.72. The number of nitrogens with two attached hydrogens (primary N) is 1. The van der Waals surface area contributed by atoms with Gasteiger partial charge in [0.2, 0.25) is 0 Å². The van der Waals surface area contributed by atoms with Crippen LogP contribution < -0.4 is 15.2 Å². The fraction of sp³-hybridized carbons (Fsp3) is 0.400. The molecular weight excluding hydrogens is 272 g/mol. The van der Waals surface area contributed by atoms with Crippen molar-refractivity contribution in [3.05, 3.63) is 28.1 Å². The van der Waals surface area contributed by atoms with Crippen molar-refractivity contribution in [3.63, 3.8) is 0 Å². The lowest BCUT2D eigenvalue weighted by Gasteiger charge is -2.14. The van der Waals surface area contributed by atoms with Crippen molar-refractivity contribution in [1.29, 1.82) is 0 Å². The van der Waals surface area contributed by atoms with E-state index in [1.165, 1.54) is 0 Å². The second-order valence-electron chi connectivity index (χ2n) is 4.31. The van der Waals surface area contributed by atoms with Gasteiger partial charge in [-0.1, -0.05) is 0 Å². The first-order valence-corrected chi connectivity index (χ1v) is 7.62. The first kappa shape index (κ1) is 14.8. The lowest BCUT2D eigenvalue weighted by Crippen LogP contribution is -2.00. The monoisotopic (exact) mass is 292 g/mol. The Hall–Kier alpha value is -1.59. The van der Waals surface area contributed by atoms with Crippen molar-refractivity contribution in [3.8, 4) is 22.8 Å². The van der Waals surface area contributed by atoms with Crippen LogP contribution in [0.5, 0.6) is 11.5 Å². The van der Waals surface area contributed by atoms with E-state index in [4.69, 9.17) is 15.2 Å². The molecule has 4 nitrogen and oxygen atoms in total. The summed E-state index contributed by atoms with van der Waals surface area (Å²) in [7, 11) is 0. The van der Waals surface area contributed by atoms with Crippen molar-refractivity contribution < 1.29 is 9.47 Å². The van der Waals surface area contributed by atoms with Crippen LogP contribution in [0.25, 0.3) is 11.3 Å². The fourth-order valence-electron chi connectivity index (χ4n) is 2.00. The van der Waals surface area contributed by atoms with Crippen LogP contribution in [0.3, 0.4) is 0 Å². The molecule has 1 heterocycles. The summed E-state index contributed by atoms with van der Waals surface area (Å²) in [5.74, 6) is 1.54. The van der Waals surface area contributed by atoms with Gasteiger partial charge in [-0.25, -0.2) is 4.98 Å². The SMILES string of the molecule is CCOc1cc(C)c(-c2csc(CN)n2)cc1OCC. The Bertz CT molecular complexity index is 581. The number of thiazole rings is 1. The highest BCUT2D eigenvalue weighted by atomic mass is 32.1. The molecule has 20 heavy (non-hydrogen) atoms. The first-order valence-electron chi connectivity index (χ1n) is 6.74. The van der Waals surface area contributed by atoms with E-state index >= 15 is 0 Å². The Kier molecular flexibility index (Phi) is 4.98. The summed E-state index contributed by atoms with van der Waals surface area (Å²) in [6, 6.07) is 4.00. The van der Waals surface area contributed by atoms with Crippen LogP contribution in [0.4, 0.5) is 0 Å². The minimum atomic E-state index is 0.471. The minimum absolute atomic E-state index is 0.471. The Morgan fingerprint density at radius 3 is 2.35 bits per heavy atom. The predicted octanol–water partition coefficient (Wildman–Crippen LogP) is 3.37. The van der Waals surface area contributed by atoms with Gasteiger partial charge in [-0.3, -0.25) is 0 Å². The van der Waals surface area contributed by atoms with Crippen molar-refractivity contribution >= 4 is 11.3 Å². The standard InChI is InChI=1S/C15H20N2O2S/c1-4-18-13-6-10(3)11(7-14(13)19-5-2)12-9-20-15(8-16)17-12/h6-7,9H,4-5,8,16H2,1-3H3. The average Bonchev–Trinajstić information content (AvgIpc) is 2.91. The molecule has 0 saturated carbocycles. The summed E-state index contributed by atoms with van der Waals surface area (Å²) in [6.45, 7) is 7.67. The zero-order valence-corrected chi connectivity index (χ0v) is 12.9. The van der Waals surface area contributed by atoms with Crippen LogP contribution >= 0.6 is 11.3 Å². The molecule has 2 N–H and O–H groups in total. The Morgan fingerprint density at radius 2 is 1.80 bits per heavy atom. The third-order valence-electron chi connectivity index (χ3n) is 2.89. The van der Waals surface area contributed by atoms with E-state index in [0.717, 1.165) is 33.3 Å². The number of benzene rings is 1. The Balaban J connectivity index is 2.44. The summed E-state index contributed by atoms with van der Waals surface area (Å²) >= 11 is 1.58. The lowest BCUT2D eigenvalue weighted by atomic mass is 10.1. The van der Waals surface area contributed by atoms with E-state index in [1.807, 2.05) is 31.4 Å². The molecule has 5 heteroatoms. The molecule has 2 aromatic rings. The topological polar surface area (TPSA) is 57.4 Å². The molecule has 108 valence electrons. The predicted molar refractivity (Wildman–Crippen MR) is 82.5 cm³/mol. The number of rotatable bonds is 6. The third-order valence-corrected chi connectivity index (χ3v) is 3.76. The molecule has 0 fully saturated rings. The highest BCUT2D eigenvalue weighted by molar-refractivity contribution is 7.09. The van der Waals surface area contributed by atoms with E-state index < -0.39 is 0 Å². The van der Waals surface area contributed by atoms with E-state index in [1.54, 1.807) is 11.3 Å². The number of aryl methyl sites for hydroxylation is 1. The van der Waals surface area contributed by atoms with Gasteiger partial charge >= 0.3 is 0 Å². The summed E-state index contributed by atoms with van der Waals surface area (Å²) in [5.41, 5.74) is 8.74. The summed E-state index contributed by atoms with van der Waals surface area (Å²) in [5, 5.41) is 2.96. The maximum atomic E-state index is 5.67. The summed E-state index contributed by atoms with van der Waals surface area (Å²) in [6.07, 6.45) is 0. The van der Waals surface area contributed by atoms with E-state index in [0.29, 0.717) is 19.8 Å². The van der Waals surface area contributed by atoms with Gasteiger partial charge < -0.3 is 15.2 Å². The maximum Gasteiger partial charge on any atom is 0.161 e. The molecule has 0 aliphatic carbocycles. The fourth-order valence-corrected chi connectivity index (χ4v) is 2.68. The van der Waals surface area contributed by atoms with Crippen molar-refractivity contribution in [2.45, 2.75) is 27.3 Å². The van der Waals surface area contributed by atoms with Crippen LogP contribution in [0, 0.1) is 6.92 Å². The Labute approximate surface area is 123 Å². The quantitative estimate of drug-likeness (QED) is 0.887. The molecule has 0 bridgehead atoms. The van der Waals surface area contributed by atoms with Gasteiger partial charge in [0.05, 0.1) is 18.9 Å². The highest BCUT2D eigenvalue weighted by Crippen LogP contribution is 2.36. The average molecular weight is 292 g/mol. The number of ether oxygens (including phenoxy) is 2. The van der Waals surface area contributed by atoms with E-state index in [-0.39, 0.29) is 0 Å². The highest BCUT2D eigenvalue weighted by Gasteiger charge is 2.13. The van der Waals surface area contributed by atoms with Gasteiger partial charge in [0.15, 0.2) is 11.5 Å². The van der Waals surface area contributed by atoms with E-state index in [9.17, 15) is 0 Å². The third kappa shape index (κ3) is 3.11. The molecule has 1 aromatic carbocycles. The smallest absolute Gasteiger partial charge is 0.161 e. The number of aromatic nitrogens is 1. The maximum absolute atomic E-state index is 5.67. The zero-order chi connectivity index (χ0) is 14.5. The van der Waals surface area contributed by atoms with Gasteiger partial charge in [-0.15, -0.1) is 11.3 Å². The van der Waals surface area contributed by atoms with Crippen molar-refractivity contribution in [2.24, 2.45) is 5.73 Å². The molecule has 0 unspecified atom stereocenters. The lowest BCUT2D eigenvalue weighted by molar-refractivity contribution is 0.287. The first-order chi connectivity index (χ1) is 9.69. The summed E-state index contributed by atoms with van der Waals surface area (Å²) in [4.78, 5) is 4.53. The van der Waals surface area contributed by atoms with Crippen LogP contribution in [-0.4, -0.2) is 18.2 Å². The molecule has 0 spiro atoms.